The van der Waals surface area contributed by atoms with Crippen molar-refractivity contribution in [3.63, 3.8) is 0 Å². The molecule has 0 saturated carbocycles. The van der Waals surface area contributed by atoms with E-state index in [1.807, 2.05) is 5.43 Å². The number of nitrogens with one attached hydrogen (secondary N) is 1. The molecule has 0 unspecified atom stereocenters. The van der Waals surface area contributed by atoms with Gasteiger partial charge in [-0.15, -0.1) is 0 Å². The molecule has 13 heteroatoms. The maximum absolute atomic E-state index is 12.4. The molecule has 0 atom stereocenters. The number of non-ortho nitro benzene ring substituents is 1. The Bertz CT molecular complexity index is 1160. The molecule has 0 aliphatic carbocycles. The Hall–Kier alpha value is -3.03. The number of nitro benzene ring substituents is 1. The van der Waals surface area contributed by atoms with E-state index in [-0.39, 0.29) is 15.3 Å². The second kappa shape index (κ2) is 7.09. The van der Waals surface area contributed by atoms with Crippen LogP contribution in [-0.4, -0.2) is 38.1 Å². The summed E-state index contributed by atoms with van der Waals surface area (Å²) in [4.78, 5) is 21.6. The Labute approximate surface area is 166 Å². The maximum atomic E-state index is 12.4. The first-order valence-corrected chi connectivity index (χ1v) is 10.9. The average Bonchev–Trinajstić information content (AvgIpc) is 2.79. The molecule has 1 N–H and O–H groups in total. The van der Waals surface area contributed by atoms with E-state index in [0.717, 1.165) is 12.1 Å². The summed E-state index contributed by atoms with van der Waals surface area (Å²) in [6.07, 6.45) is 0. The number of rotatable bonds is 5. The first kappa shape index (κ1) is 20.7. The van der Waals surface area contributed by atoms with Gasteiger partial charge in [0, 0.05) is 16.0 Å². The number of nitrogens with zero attached hydrogens (tertiary/aromatic N) is 2. The van der Waals surface area contributed by atoms with Crippen LogP contribution in [0.1, 0.15) is 11.1 Å². The van der Waals surface area contributed by atoms with Gasteiger partial charge in [-0.25, -0.2) is 16.8 Å². The van der Waals surface area contributed by atoms with Crippen molar-refractivity contribution in [1.29, 1.82) is 0 Å². The summed E-state index contributed by atoms with van der Waals surface area (Å²) in [5, 5.41) is 10.9. The highest BCUT2D eigenvalue weighted by Gasteiger charge is 2.48. The summed E-state index contributed by atoms with van der Waals surface area (Å²) in [7, 11) is -8.96. The smallest absolute Gasteiger partial charge is 0.275 e. The van der Waals surface area contributed by atoms with E-state index >= 15 is 0 Å². The number of hydrogen-bond donors (Lipinski definition) is 1. The number of carbonyl (C=O) groups is 1. The van der Waals surface area contributed by atoms with Crippen LogP contribution in [0, 0.1) is 24.0 Å². The molecule has 1 aliphatic rings. The van der Waals surface area contributed by atoms with Gasteiger partial charge in [-0.3, -0.25) is 20.3 Å². The summed E-state index contributed by atoms with van der Waals surface area (Å²) in [5.74, 6) is -0.844. The van der Waals surface area contributed by atoms with Crippen LogP contribution >= 0.6 is 0 Å². The van der Waals surface area contributed by atoms with Gasteiger partial charge in [0.05, 0.1) is 4.92 Å². The van der Waals surface area contributed by atoms with Crippen molar-refractivity contribution in [2.45, 2.75) is 23.6 Å². The highest BCUT2D eigenvalue weighted by molar-refractivity contribution is 8.06. The van der Waals surface area contributed by atoms with Crippen molar-refractivity contribution < 1.29 is 31.3 Å². The lowest BCUT2D eigenvalue weighted by atomic mass is 10.1. The number of ether oxygens (including phenoxy) is 1. The zero-order chi connectivity index (χ0) is 21.6. The topological polar surface area (TPSA) is 153 Å². The predicted molar refractivity (Wildman–Crippen MR) is 98.9 cm³/mol. The predicted octanol–water partition coefficient (Wildman–Crippen LogP) is 1.01. The van der Waals surface area contributed by atoms with Crippen molar-refractivity contribution in [1.82, 2.24) is 9.25 Å². The molecule has 2 aromatic rings. The van der Waals surface area contributed by atoms with Gasteiger partial charge in [0.2, 0.25) is 0 Å². The van der Waals surface area contributed by atoms with E-state index < -0.39 is 47.3 Å². The van der Waals surface area contributed by atoms with Gasteiger partial charge in [-0.2, -0.15) is 0 Å². The normalized spacial score (nSPS) is 16.8. The summed E-state index contributed by atoms with van der Waals surface area (Å²) in [6, 6.07) is 7.47. The van der Waals surface area contributed by atoms with Gasteiger partial charge >= 0.3 is 0 Å². The minimum atomic E-state index is -4.48. The fourth-order valence-electron chi connectivity index (χ4n) is 2.84. The molecule has 1 heterocycles. The summed E-state index contributed by atoms with van der Waals surface area (Å²) in [5.41, 5.74) is 2.46. The quantitative estimate of drug-likeness (QED) is 0.533. The summed E-state index contributed by atoms with van der Waals surface area (Å²) < 4.78 is 55.0. The van der Waals surface area contributed by atoms with Crippen molar-refractivity contribution >= 4 is 31.6 Å². The highest BCUT2D eigenvalue weighted by atomic mass is 32.3. The van der Waals surface area contributed by atoms with Gasteiger partial charge in [-0.05, 0) is 37.1 Å². The van der Waals surface area contributed by atoms with E-state index in [1.54, 1.807) is 13.8 Å². The van der Waals surface area contributed by atoms with Crippen molar-refractivity contribution in [2.24, 2.45) is 0 Å². The lowest BCUT2D eigenvalue weighted by molar-refractivity contribution is -0.385. The highest BCUT2D eigenvalue weighted by Crippen LogP contribution is 2.34. The lowest BCUT2D eigenvalue weighted by Gasteiger charge is -2.16. The van der Waals surface area contributed by atoms with E-state index in [4.69, 9.17) is 4.74 Å². The Kier molecular flexibility index (Phi) is 5.06. The number of amides is 1. The van der Waals surface area contributed by atoms with Gasteiger partial charge < -0.3 is 4.74 Å². The molecule has 0 spiro atoms. The fourth-order valence-corrected chi connectivity index (χ4v) is 6.93. The molecule has 0 bridgehead atoms. The molecule has 3 rings (SSSR count). The molecule has 0 radical (unpaired) electrons. The monoisotopic (exact) mass is 441 g/mol. The molecule has 154 valence electrons. The number of benzene rings is 2. The summed E-state index contributed by atoms with van der Waals surface area (Å²) in [6.45, 7) is 2.37. The minimum Gasteiger partial charge on any atom is -0.483 e. The van der Waals surface area contributed by atoms with Crippen molar-refractivity contribution in [3.05, 3.63) is 57.6 Å². The molecular formula is C16H15N3O8S2. The molecular weight excluding hydrogens is 426 g/mol. The Balaban J connectivity index is 1.78. The number of hydrogen-bond acceptors (Lipinski definition) is 8. The van der Waals surface area contributed by atoms with Crippen LogP contribution in [0.15, 0.2) is 46.2 Å². The van der Waals surface area contributed by atoms with Crippen LogP contribution in [0.2, 0.25) is 0 Å². The fraction of sp³-hybridized carbons (Fsp3) is 0.188. The molecule has 0 aromatic heterocycles. The molecule has 1 amide bonds. The molecule has 1 aliphatic heterocycles. The van der Waals surface area contributed by atoms with E-state index in [0.29, 0.717) is 11.1 Å². The standard InChI is InChI=1S/C16H15N3O8S2/c1-10-7-12(18(21)22)8-11(2)16(10)27-9-15(20)17-19-28(23,24)13-5-3-4-6-14(13)29(19,25)26/h3-8H,9H2,1-2H3,(H,17,20). The number of aryl methyl sites for hydroxylation is 2. The molecule has 0 saturated heterocycles. The van der Waals surface area contributed by atoms with Crippen LogP contribution < -0.4 is 10.2 Å². The van der Waals surface area contributed by atoms with Crippen LogP contribution in [0.25, 0.3) is 0 Å². The minimum absolute atomic E-state index is 0.0914. The van der Waals surface area contributed by atoms with Crippen molar-refractivity contribution in [2.75, 3.05) is 6.61 Å². The molecule has 2 aromatic carbocycles. The number of carbonyl (C=O) groups excluding carboxylic acids is 1. The third-order valence-electron chi connectivity index (χ3n) is 4.06. The van der Waals surface area contributed by atoms with E-state index in [9.17, 15) is 31.7 Å². The zero-order valence-electron chi connectivity index (χ0n) is 15.1. The van der Waals surface area contributed by atoms with Crippen LogP contribution in [0.3, 0.4) is 0 Å². The largest absolute Gasteiger partial charge is 0.483 e. The average molecular weight is 441 g/mol. The second-order valence-corrected chi connectivity index (χ2v) is 9.88. The van der Waals surface area contributed by atoms with Crippen molar-refractivity contribution in [3.8, 4) is 5.75 Å². The van der Waals surface area contributed by atoms with Crippen LogP contribution in [-0.2, 0) is 24.8 Å². The number of fused-ring (bicyclic) bond motifs is 1. The maximum Gasteiger partial charge on any atom is 0.275 e. The number of sulfonamides is 2. The summed E-state index contributed by atoms with van der Waals surface area (Å²) >= 11 is 0. The van der Waals surface area contributed by atoms with Crippen LogP contribution in [0.4, 0.5) is 5.69 Å². The van der Waals surface area contributed by atoms with Gasteiger partial charge in [0.1, 0.15) is 15.5 Å². The zero-order valence-corrected chi connectivity index (χ0v) is 16.8. The Morgan fingerprint density at radius 2 is 1.55 bits per heavy atom. The Morgan fingerprint density at radius 1 is 1.07 bits per heavy atom. The van der Waals surface area contributed by atoms with Gasteiger partial charge in [0.25, 0.3) is 31.6 Å². The Morgan fingerprint density at radius 3 is 2.00 bits per heavy atom. The lowest BCUT2D eigenvalue weighted by Crippen LogP contribution is -2.47. The number of hydrazine groups is 1. The SMILES string of the molecule is Cc1cc([N+](=O)[O-])cc(C)c1OCC(=O)NN1S(=O)(=O)c2ccccc2S1(=O)=O. The third kappa shape index (κ3) is 3.54. The second-order valence-electron chi connectivity index (χ2n) is 6.14. The molecule has 0 fully saturated rings. The molecule has 11 nitrogen and oxygen atoms in total. The van der Waals surface area contributed by atoms with E-state index in [1.165, 1.54) is 24.3 Å². The van der Waals surface area contributed by atoms with E-state index in [2.05, 4.69) is 0 Å². The number of nitro groups is 1. The first-order valence-electron chi connectivity index (χ1n) is 8.03. The van der Waals surface area contributed by atoms with Crippen LogP contribution in [0.5, 0.6) is 5.75 Å². The third-order valence-corrected chi connectivity index (χ3v) is 8.25. The first-order chi connectivity index (χ1) is 13.5. The van der Waals surface area contributed by atoms with Gasteiger partial charge in [-0.1, -0.05) is 12.1 Å². The van der Waals surface area contributed by atoms with Gasteiger partial charge in [0.15, 0.2) is 6.61 Å². The molecule has 29 heavy (non-hydrogen) atoms.